The predicted octanol–water partition coefficient (Wildman–Crippen LogP) is -1.09. The quantitative estimate of drug-likeness (QED) is 0.551. The molecule has 4 N–H and O–H groups in total. The summed E-state index contributed by atoms with van der Waals surface area (Å²) in [7, 11) is 1.31. The number of nitrogens with one attached hydrogen (secondary N) is 1. The van der Waals surface area contributed by atoms with E-state index in [1.807, 2.05) is 0 Å². The fourth-order valence-corrected chi connectivity index (χ4v) is 2.13. The van der Waals surface area contributed by atoms with E-state index in [1.165, 1.54) is 12.0 Å². The lowest BCUT2D eigenvalue weighted by Crippen LogP contribution is -2.51. The lowest BCUT2D eigenvalue weighted by atomic mass is 9.97. The number of urea groups is 1. The van der Waals surface area contributed by atoms with Crippen molar-refractivity contribution in [2.24, 2.45) is 11.7 Å². The molecule has 0 unspecified atom stereocenters. The summed E-state index contributed by atoms with van der Waals surface area (Å²) in [5, 5.41) is 11.2. The number of nitrogens with two attached hydrogens (primary N) is 1. The molecule has 3 amide bonds. The second-order valence-corrected chi connectivity index (χ2v) is 4.80. The van der Waals surface area contributed by atoms with Gasteiger partial charge in [0.15, 0.2) is 0 Å². The van der Waals surface area contributed by atoms with E-state index in [2.05, 4.69) is 10.1 Å². The molecule has 9 nitrogen and oxygen atoms in total. The first-order chi connectivity index (χ1) is 9.85. The number of amides is 3. The Labute approximate surface area is 121 Å². The van der Waals surface area contributed by atoms with E-state index in [1.54, 1.807) is 0 Å². The maximum Gasteiger partial charge on any atom is 0.326 e. The Hall–Kier alpha value is -2.32. The van der Waals surface area contributed by atoms with Crippen LogP contribution >= 0.6 is 0 Å². The summed E-state index contributed by atoms with van der Waals surface area (Å²) in [6.45, 7) is 0.628. The van der Waals surface area contributed by atoms with Crippen molar-refractivity contribution in [2.75, 3.05) is 20.2 Å². The lowest BCUT2D eigenvalue weighted by molar-refractivity contribution is -0.146. The van der Waals surface area contributed by atoms with Crippen LogP contribution in [0, 0.1) is 5.92 Å². The summed E-state index contributed by atoms with van der Waals surface area (Å²) in [5.41, 5.74) is 4.93. The molecule has 0 aromatic carbocycles. The maximum atomic E-state index is 11.9. The van der Waals surface area contributed by atoms with Gasteiger partial charge in [0.2, 0.25) is 5.91 Å². The van der Waals surface area contributed by atoms with Crippen molar-refractivity contribution in [2.45, 2.75) is 25.3 Å². The number of carbonyl (C=O) groups is 4. The van der Waals surface area contributed by atoms with E-state index in [9.17, 15) is 19.2 Å². The van der Waals surface area contributed by atoms with Crippen LogP contribution in [0.15, 0.2) is 0 Å². The predicted molar refractivity (Wildman–Crippen MR) is 70.1 cm³/mol. The number of carboxylic acid groups (broad SMARTS) is 1. The van der Waals surface area contributed by atoms with Gasteiger partial charge in [-0.05, 0) is 12.8 Å². The molecule has 21 heavy (non-hydrogen) atoms. The molecule has 118 valence electrons. The van der Waals surface area contributed by atoms with Crippen LogP contribution in [0.1, 0.15) is 19.3 Å². The van der Waals surface area contributed by atoms with E-state index in [0.29, 0.717) is 25.9 Å². The molecule has 0 aromatic heterocycles. The average Bonchev–Trinajstić information content (AvgIpc) is 2.45. The molecule has 1 fully saturated rings. The number of piperidine rings is 1. The van der Waals surface area contributed by atoms with Gasteiger partial charge in [-0.2, -0.15) is 0 Å². The average molecular weight is 301 g/mol. The standard InChI is InChI=1S/C12H19N3O6/c1-21-11(19)7-2-4-15(5-3-7)12(20)14-8(10(17)18)6-9(13)16/h7-8H,2-6H2,1H3,(H2,13,16)(H,14,20)(H,17,18)/t8-/m1/s1. The molecule has 1 atom stereocenters. The molecule has 1 aliphatic rings. The van der Waals surface area contributed by atoms with E-state index < -0.39 is 30.4 Å². The SMILES string of the molecule is COC(=O)C1CCN(C(=O)N[C@H](CC(N)=O)C(=O)O)CC1. The Morgan fingerprint density at radius 2 is 1.90 bits per heavy atom. The molecule has 1 heterocycles. The van der Waals surface area contributed by atoms with Crippen LogP contribution in [0.4, 0.5) is 4.79 Å². The van der Waals surface area contributed by atoms with Crippen molar-refractivity contribution in [1.82, 2.24) is 10.2 Å². The molecule has 0 aromatic rings. The number of likely N-dealkylation sites (tertiary alicyclic amines) is 1. The summed E-state index contributed by atoms with van der Waals surface area (Å²) in [4.78, 5) is 46.4. The molecular weight excluding hydrogens is 282 g/mol. The highest BCUT2D eigenvalue weighted by molar-refractivity contribution is 5.87. The molecule has 9 heteroatoms. The number of carbonyl (C=O) groups excluding carboxylic acids is 3. The minimum Gasteiger partial charge on any atom is -0.480 e. The van der Waals surface area contributed by atoms with Gasteiger partial charge in [0.1, 0.15) is 6.04 Å². The highest BCUT2D eigenvalue weighted by Gasteiger charge is 2.30. The number of esters is 1. The van der Waals surface area contributed by atoms with Crippen LogP contribution in [0.2, 0.25) is 0 Å². The van der Waals surface area contributed by atoms with Gasteiger partial charge in [-0.3, -0.25) is 9.59 Å². The summed E-state index contributed by atoms with van der Waals surface area (Å²) >= 11 is 0. The van der Waals surface area contributed by atoms with Gasteiger partial charge in [-0.25, -0.2) is 9.59 Å². The van der Waals surface area contributed by atoms with E-state index in [-0.39, 0.29) is 11.9 Å². The number of nitrogens with zero attached hydrogens (tertiary/aromatic N) is 1. The third-order valence-electron chi connectivity index (χ3n) is 3.32. The maximum absolute atomic E-state index is 11.9. The third-order valence-corrected chi connectivity index (χ3v) is 3.32. The van der Waals surface area contributed by atoms with Crippen molar-refractivity contribution in [3.8, 4) is 0 Å². The molecule has 0 radical (unpaired) electrons. The summed E-state index contributed by atoms with van der Waals surface area (Å²) in [6.07, 6.45) is 0.432. The molecule has 0 bridgehead atoms. The van der Waals surface area contributed by atoms with Crippen LogP contribution < -0.4 is 11.1 Å². The Kier molecular flexibility index (Phi) is 5.94. The van der Waals surface area contributed by atoms with Gasteiger partial charge in [0.05, 0.1) is 19.4 Å². The summed E-state index contributed by atoms with van der Waals surface area (Å²) < 4.78 is 4.64. The summed E-state index contributed by atoms with van der Waals surface area (Å²) in [6, 6.07) is -1.94. The van der Waals surface area contributed by atoms with Crippen LogP contribution in [-0.2, 0) is 19.1 Å². The zero-order chi connectivity index (χ0) is 16.0. The van der Waals surface area contributed by atoms with Crippen LogP contribution in [-0.4, -0.2) is 60.1 Å². The van der Waals surface area contributed by atoms with Gasteiger partial charge in [0, 0.05) is 13.1 Å². The molecule has 1 aliphatic heterocycles. The number of primary amides is 1. The zero-order valence-electron chi connectivity index (χ0n) is 11.7. The van der Waals surface area contributed by atoms with Crippen LogP contribution in [0.25, 0.3) is 0 Å². The number of ether oxygens (including phenoxy) is 1. The molecule has 1 saturated heterocycles. The minimum atomic E-state index is -1.35. The first-order valence-corrected chi connectivity index (χ1v) is 6.49. The van der Waals surface area contributed by atoms with E-state index in [0.717, 1.165) is 0 Å². The second kappa shape index (κ2) is 7.46. The lowest BCUT2D eigenvalue weighted by Gasteiger charge is -2.31. The number of rotatable bonds is 5. The van der Waals surface area contributed by atoms with E-state index in [4.69, 9.17) is 10.8 Å². The molecule has 0 aliphatic carbocycles. The first kappa shape index (κ1) is 16.7. The minimum absolute atomic E-state index is 0.250. The monoisotopic (exact) mass is 301 g/mol. The molecule has 0 spiro atoms. The van der Waals surface area contributed by atoms with Crippen LogP contribution in [0.5, 0.6) is 0 Å². The molecule has 1 rings (SSSR count). The molecule has 0 saturated carbocycles. The van der Waals surface area contributed by atoms with Gasteiger partial charge >= 0.3 is 18.0 Å². The summed E-state index contributed by atoms with van der Waals surface area (Å²) in [5.74, 6) is -2.70. The normalized spacial score (nSPS) is 16.9. The van der Waals surface area contributed by atoms with Crippen molar-refractivity contribution < 1.29 is 29.0 Å². The molecular formula is C12H19N3O6. The topological polar surface area (TPSA) is 139 Å². The van der Waals surface area contributed by atoms with Gasteiger partial charge in [-0.1, -0.05) is 0 Å². The Morgan fingerprint density at radius 1 is 1.33 bits per heavy atom. The van der Waals surface area contributed by atoms with Crippen molar-refractivity contribution in [3.05, 3.63) is 0 Å². The fraction of sp³-hybridized carbons (Fsp3) is 0.667. The largest absolute Gasteiger partial charge is 0.480 e. The van der Waals surface area contributed by atoms with Crippen molar-refractivity contribution in [1.29, 1.82) is 0 Å². The number of carboxylic acids is 1. The van der Waals surface area contributed by atoms with Crippen LogP contribution in [0.3, 0.4) is 0 Å². The van der Waals surface area contributed by atoms with Gasteiger partial charge in [-0.15, -0.1) is 0 Å². The number of methoxy groups -OCH3 is 1. The van der Waals surface area contributed by atoms with Crippen molar-refractivity contribution in [3.63, 3.8) is 0 Å². The Balaban J connectivity index is 2.51. The smallest absolute Gasteiger partial charge is 0.326 e. The van der Waals surface area contributed by atoms with Gasteiger partial charge < -0.3 is 25.8 Å². The highest BCUT2D eigenvalue weighted by Crippen LogP contribution is 2.18. The van der Waals surface area contributed by atoms with Crippen molar-refractivity contribution >= 4 is 23.9 Å². The zero-order valence-corrected chi connectivity index (χ0v) is 11.7. The Morgan fingerprint density at radius 3 is 2.33 bits per heavy atom. The second-order valence-electron chi connectivity index (χ2n) is 4.80. The highest BCUT2D eigenvalue weighted by atomic mass is 16.5. The fourth-order valence-electron chi connectivity index (χ4n) is 2.13. The first-order valence-electron chi connectivity index (χ1n) is 6.49. The third kappa shape index (κ3) is 4.93. The number of hydrogen-bond acceptors (Lipinski definition) is 5. The van der Waals surface area contributed by atoms with Gasteiger partial charge in [0.25, 0.3) is 0 Å². The Bertz CT molecular complexity index is 431. The number of hydrogen-bond donors (Lipinski definition) is 3. The number of aliphatic carboxylic acids is 1. The van der Waals surface area contributed by atoms with E-state index >= 15 is 0 Å².